The molecule has 0 aromatic rings. The van der Waals surface area contributed by atoms with Gasteiger partial charge in [0.05, 0.1) is 13.2 Å². The topological polar surface area (TPSA) is 18.5 Å². The van der Waals surface area contributed by atoms with Crippen molar-refractivity contribution in [2.24, 2.45) is 0 Å². The molecule has 0 aromatic carbocycles. The van der Waals surface area contributed by atoms with Gasteiger partial charge < -0.3 is 8.85 Å². The minimum absolute atomic E-state index is 0.717. The normalized spacial score (nSPS) is 14.1. The Balaban J connectivity index is 3.57. The summed E-state index contributed by atoms with van der Waals surface area (Å²) >= 11 is 0. The number of hydrogen-bond acceptors (Lipinski definition) is 2. The lowest BCUT2D eigenvalue weighted by Crippen LogP contribution is -2.25. The molecule has 0 N–H and O–H groups in total. The molecule has 0 fully saturated rings. The van der Waals surface area contributed by atoms with E-state index in [2.05, 4.69) is 39.3 Å². The standard InChI is InChI=1S/C12H26O2Si2/c1-15(2,3)13-11-9-7-8-10-12-14-16(4,5)6/h7-10H,11-12H2,1-6H3/b9-7+,10-8+. The van der Waals surface area contributed by atoms with Crippen molar-refractivity contribution in [2.45, 2.75) is 39.3 Å². The molecule has 0 atom stereocenters. The highest BCUT2D eigenvalue weighted by Crippen LogP contribution is 2.02. The van der Waals surface area contributed by atoms with Gasteiger partial charge in [-0.1, -0.05) is 24.3 Å². The van der Waals surface area contributed by atoms with Crippen molar-refractivity contribution in [2.75, 3.05) is 13.2 Å². The summed E-state index contributed by atoms with van der Waals surface area (Å²) in [6, 6.07) is 0. The van der Waals surface area contributed by atoms with Crippen molar-refractivity contribution in [1.29, 1.82) is 0 Å². The smallest absolute Gasteiger partial charge is 0.184 e. The van der Waals surface area contributed by atoms with E-state index < -0.39 is 16.6 Å². The van der Waals surface area contributed by atoms with Crippen LogP contribution < -0.4 is 0 Å². The van der Waals surface area contributed by atoms with E-state index in [4.69, 9.17) is 8.85 Å². The van der Waals surface area contributed by atoms with E-state index in [1.54, 1.807) is 0 Å². The lowest BCUT2D eigenvalue weighted by molar-refractivity contribution is 0.356. The van der Waals surface area contributed by atoms with Crippen LogP contribution in [0, 0.1) is 0 Å². The third-order valence-corrected chi connectivity index (χ3v) is 3.67. The molecule has 0 aliphatic rings. The fourth-order valence-electron chi connectivity index (χ4n) is 0.864. The third kappa shape index (κ3) is 13.8. The zero-order valence-corrected chi connectivity index (χ0v) is 13.5. The third-order valence-electron chi connectivity index (χ3n) is 1.61. The molecule has 0 unspecified atom stereocenters. The lowest BCUT2D eigenvalue weighted by Gasteiger charge is -2.15. The number of rotatable bonds is 7. The fourth-order valence-corrected chi connectivity index (χ4v) is 2.06. The van der Waals surface area contributed by atoms with Gasteiger partial charge in [0.15, 0.2) is 16.6 Å². The summed E-state index contributed by atoms with van der Waals surface area (Å²) in [7, 11) is -2.70. The highest BCUT2D eigenvalue weighted by molar-refractivity contribution is 6.70. The monoisotopic (exact) mass is 258 g/mol. The van der Waals surface area contributed by atoms with E-state index >= 15 is 0 Å². The van der Waals surface area contributed by atoms with Gasteiger partial charge in [-0.15, -0.1) is 0 Å². The van der Waals surface area contributed by atoms with E-state index in [0.29, 0.717) is 0 Å². The quantitative estimate of drug-likeness (QED) is 0.511. The minimum Gasteiger partial charge on any atom is -0.414 e. The Bertz CT molecular complexity index is 208. The van der Waals surface area contributed by atoms with Crippen LogP contribution in [0.25, 0.3) is 0 Å². The van der Waals surface area contributed by atoms with Crippen LogP contribution in [-0.4, -0.2) is 29.8 Å². The molecule has 16 heavy (non-hydrogen) atoms. The Morgan fingerprint density at radius 2 is 1.00 bits per heavy atom. The Labute approximate surface area is 103 Å². The molecular formula is C12H26O2Si2. The molecule has 0 spiro atoms. The van der Waals surface area contributed by atoms with Gasteiger partial charge in [-0.05, 0) is 39.3 Å². The summed E-state index contributed by atoms with van der Waals surface area (Å²) in [6.07, 6.45) is 8.13. The van der Waals surface area contributed by atoms with Gasteiger partial charge >= 0.3 is 0 Å². The van der Waals surface area contributed by atoms with Gasteiger partial charge in [0.1, 0.15) is 0 Å². The first-order valence-corrected chi connectivity index (χ1v) is 12.6. The molecule has 0 aromatic heterocycles. The van der Waals surface area contributed by atoms with E-state index in [-0.39, 0.29) is 0 Å². The van der Waals surface area contributed by atoms with Crippen molar-refractivity contribution in [3.05, 3.63) is 24.3 Å². The average molecular weight is 259 g/mol. The van der Waals surface area contributed by atoms with Crippen LogP contribution in [0.3, 0.4) is 0 Å². The molecule has 0 heterocycles. The van der Waals surface area contributed by atoms with Crippen molar-refractivity contribution >= 4 is 16.6 Å². The summed E-state index contributed by atoms with van der Waals surface area (Å²) < 4.78 is 11.4. The summed E-state index contributed by atoms with van der Waals surface area (Å²) in [5, 5.41) is 0. The summed E-state index contributed by atoms with van der Waals surface area (Å²) in [5.74, 6) is 0. The second-order valence-electron chi connectivity index (χ2n) is 5.70. The van der Waals surface area contributed by atoms with Gasteiger partial charge in [-0.25, -0.2) is 0 Å². The molecular weight excluding hydrogens is 232 g/mol. The van der Waals surface area contributed by atoms with Gasteiger partial charge in [0, 0.05) is 0 Å². The molecule has 0 bridgehead atoms. The molecule has 4 heteroatoms. The molecule has 0 rings (SSSR count). The minimum atomic E-state index is -1.35. The highest BCUT2D eigenvalue weighted by atomic mass is 28.4. The van der Waals surface area contributed by atoms with Gasteiger partial charge in [0.25, 0.3) is 0 Å². The summed E-state index contributed by atoms with van der Waals surface area (Å²) in [5.41, 5.74) is 0. The summed E-state index contributed by atoms with van der Waals surface area (Å²) in [4.78, 5) is 0. The van der Waals surface area contributed by atoms with Crippen LogP contribution in [0.15, 0.2) is 24.3 Å². The predicted molar refractivity (Wildman–Crippen MR) is 76.9 cm³/mol. The van der Waals surface area contributed by atoms with Crippen LogP contribution in [0.2, 0.25) is 39.3 Å². The Hall–Kier alpha value is -0.166. The lowest BCUT2D eigenvalue weighted by atomic mass is 10.4. The van der Waals surface area contributed by atoms with Crippen LogP contribution in [0.1, 0.15) is 0 Å². The highest BCUT2D eigenvalue weighted by Gasteiger charge is 2.12. The maximum absolute atomic E-state index is 5.68. The Kier molecular flexibility index (Phi) is 7.14. The number of allylic oxidation sites excluding steroid dienone is 2. The maximum Gasteiger partial charge on any atom is 0.184 e. The molecule has 0 saturated carbocycles. The zero-order valence-electron chi connectivity index (χ0n) is 11.5. The average Bonchev–Trinajstić information content (AvgIpc) is 2.06. The van der Waals surface area contributed by atoms with Gasteiger partial charge in [0.2, 0.25) is 0 Å². The van der Waals surface area contributed by atoms with Crippen LogP contribution in [-0.2, 0) is 8.85 Å². The van der Waals surface area contributed by atoms with Crippen molar-refractivity contribution in [3.8, 4) is 0 Å². The van der Waals surface area contributed by atoms with Crippen LogP contribution >= 0.6 is 0 Å². The van der Waals surface area contributed by atoms with E-state index in [0.717, 1.165) is 13.2 Å². The number of hydrogen-bond donors (Lipinski definition) is 0. The molecule has 0 radical (unpaired) electrons. The van der Waals surface area contributed by atoms with E-state index in [1.165, 1.54) is 0 Å². The SMILES string of the molecule is C[Si](C)(C)OC/C=C/C=C/CO[Si](C)(C)C. The predicted octanol–water partition coefficient (Wildman–Crippen LogP) is 3.80. The Morgan fingerprint density at radius 3 is 1.25 bits per heavy atom. The van der Waals surface area contributed by atoms with Crippen LogP contribution in [0.5, 0.6) is 0 Å². The first-order valence-electron chi connectivity index (χ1n) is 5.80. The Morgan fingerprint density at radius 1 is 0.688 bits per heavy atom. The molecule has 94 valence electrons. The van der Waals surface area contributed by atoms with E-state index in [9.17, 15) is 0 Å². The molecule has 2 nitrogen and oxygen atoms in total. The second-order valence-corrected chi connectivity index (χ2v) is 14.7. The fraction of sp³-hybridized carbons (Fsp3) is 0.667. The van der Waals surface area contributed by atoms with Gasteiger partial charge in [-0.3, -0.25) is 0 Å². The molecule has 0 saturated heterocycles. The zero-order chi connectivity index (χ0) is 12.7. The molecule has 0 amide bonds. The van der Waals surface area contributed by atoms with Crippen LogP contribution in [0.4, 0.5) is 0 Å². The van der Waals surface area contributed by atoms with Crippen molar-refractivity contribution in [1.82, 2.24) is 0 Å². The first kappa shape index (κ1) is 15.8. The molecule has 0 aliphatic heterocycles. The maximum atomic E-state index is 5.68. The molecule has 0 aliphatic carbocycles. The second kappa shape index (κ2) is 7.22. The van der Waals surface area contributed by atoms with Crippen molar-refractivity contribution < 1.29 is 8.85 Å². The largest absolute Gasteiger partial charge is 0.414 e. The van der Waals surface area contributed by atoms with E-state index in [1.807, 2.05) is 24.3 Å². The summed E-state index contributed by atoms with van der Waals surface area (Å²) in [6.45, 7) is 14.6. The van der Waals surface area contributed by atoms with Gasteiger partial charge in [-0.2, -0.15) is 0 Å². The first-order chi connectivity index (χ1) is 7.21. The van der Waals surface area contributed by atoms with Crippen molar-refractivity contribution in [3.63, 3.8) is 0 Å².